The molecule has 2 unspecified atom stereocenters. The molecule has 18 nitrogen and oxygen atoms in total. The van der Waals surface area contributed by atoms with Gasteiger partial charge < -0.3 is 52.5 Å². The molecule has 18 heteroatoms. The van der Waals surface area contributed by atoms with E-state index in [4.69, 9.17) is 47.4 Å². The monoisotopic (exact) mass is 636 g/mol. The lowest BCUT2D eigenvalue weighted by Gasteiger charge is -2.48. The molecule has 0 spiro atoms. The van der Waals surface area contributed by atoms with Crippen LogP contribution in [-0.4, -0.2) is 122 Å². The SMILES string of the molecule is CC(=O)OCC1O[C@@H](O[C@H]2C(COC(C)=O)O[C@@H](O)[C@@H](OC(C)=O)[C@H]2OC(C)=O)[C@H](OC(C)=O)[C@@H](OC(C)=O)[C@@H]1OC(C)=O. The summed E-state index contributed by atoms with van der Waals surface area (Å²) in [6, 6.07) is 0. The number of aliphatic hydroxyl groups is 1. The van der Waals surface area contributed by atoms with Crippen molar-refractivity contribution in [1.82, 2.24) is 0 Å². The van der Waals surface area contributed by atoms with E-state index in [2.05, 4.69) is 0 Å². The predicted octanol–water partition coefficient (Wildman–Crippen LogP) is -1.40. The highest BCUT2D eigenvalue weighted by Crippen LogP contribution is 2.34. The summed E-state index contributed by atoms with van der Waals surface area (Å²) in [5, 5.41) is 10.6. The molecule has 0 aromatic rings. The maximum absolute atomic E-state index is 12.2. The van der Waals surface area contributed by atoms with E-state index in [1.54, 1.807) is 0 Å². The average molecular weight is 637 g/mol. The Hall–Kier alpha value is -3.87. The Bertz CT molecular complexity index is 1090. The quantitative estimate of drug-likeness (QED) is 0.203. The zero-order valence-corrected chi connectivity index (χ0v) is 25.1. The van der Waals surface area contributed by atoms with Crippen LogP contribution in [0.3, 0.4) is 0 Å². The molecule has 2 aliphatic heterocycles. The first-order chi connectivity index (χ1) is 20.5. The fraction of sp³-hybridized carbons (Fsp3) is 0.731. The van der Waals surface area contributed by atoms with Crippen molar-refractivity contribution in [1.29, 1.82) is 0 Å². The highest BCUT2D eigenvalue weighted by atomic mass is 16.8. The molecule has 2 heterocycles. The Balaban J connectivity index is 2.66. The maximum atomic E-state index is 12.2. The van der Waals surface area contributed by atoms with E-state index in [9.17, 15) is 38.7 Å². The van der Waals surface area contributed by atoms with Crippen molar-refractivity contribution in [3.05, 3.63) is 0 Å². The highest BCUT2D eigenvalue weighted by molar-refractivity contribution is 5.69. The van der Waals surface area contributed by atoms with E-state index >= 15 is 0 Å². The maximum Gasteiger partial charge on any atom is 0.303 e. The van der Waals surface area contributed by atoms with Gasteiger partial charge in [0.05, 0.1) is 0 Å². The molecular weight excluding hydrogens is 600 g/mol. The fourth-order valence-corrected chi connectivity index (χ4v) is 4.49. The number of hydrogen-bond acceptors (Lipinski definition) is 18. The van der Waals surface area contributed by atoms with E-state index in [1.165, 1.54) is 0 Å². The Morgan fingerprint density at radius 2 is 0.841 bits per heavy atom. The van der Waals surface area contributed by atoms with Gasteiger partial charge in [-0.1, -0.05) is 0 Å². The number of esters is 7. The molecule has 248 valence electrons. The van der Waals surface area contributed by atoms with E-state index < -0.39 is 116 Å². The summed E-state index contributed by atoms with van der Waals surface area (Å²) >= 11 is 0. The van der Waals surface area contributed by atoms with Crippen molar-refractivity contribution in [2.75, 3.05) is 13.2 Å². The van der Waals surface area contributed by atoms with E-state index in [0.29, 0.717) is 0 Å². The molecule has 1 N–H and O–H groups in total. The number of carbonyl (C=O) groups is 7. The van der Waals surface area contributed by atoms with Crippen LogP contribution in [0.15, 0.2) is 0 Å². The third kappa shape index (κ3) is 10.7. The second-order valence-electron chi connectivity index (χ2n) is 9.68. The Kier molecular flexibility index (Phi) is 13.4. The lowest BCUT2D eigenvalue weighted by molar-refractivity contribution is -0.357. The van der Waals surface area contributed by atoms with Gasteiger partial charge in [0.25, 0.3) is 0 Å². The van der Waals surface area contributed by atoms with Crippen molar-refractivity contribution >= 4 is 41.8 Å². The molecule has 0 amide bonds. The fourth-order valence-electron chi connectivity index (χ4n) is 4.49. The number of aliphatic hydroxyl groups excluding tert-OH is 1. The minimum absolute atomic E-state index is 0.572. The third-order valence-corrected chi connectivity index (χ3v) is 5.90. The molecular formula is C26H36O18. The number of rotatable bonds is 11. The van der Waals surface area contributed by atoms with Crippen LogP contribution < -0.4 is 0 Å². The molecule has 10 atom stereocenters. The van der Waals surface area contributed by atoms with Gasteiger partial charge in [-0.2, -0.15) is 0 Å². The summed E-state index contributed by atoms with van der Waals surface area (Å²) in [4.78, 5) is 83.5. The van der Waals surface area contributed by atoms with Crippen LogP contribution in [0.5, 0.6) is 0 Å². The van der Waals surface area contributed by atoms with E-state index in [-0.39, 0.29) is 0 Å². The van der Waals surface area contributed by atoms with Gasteiger partial charge in [0.15, 0.2) is 43.1 Å². The van der Waals surface area contributed by atoms with Crippen LogP contribution in [0.2, 0.25) is 0 Å². The molecule has 0 aromatic carbocycles. The smallest absolute Gasteiger partial charge is 0.303 e. The van der Waals surface area contributed by atoms with Crippen LogP contribution in [0.4, 0.5) is 0 Å². The van der Waals surface area contributed by atoms with Crippen LogP contribution >= 0.6 is 0 Å². The normalized spacial score (nSPS) is 31.5. The molecule has 2 fully saturated rings. The van der Waals surface area contributed by atoms with Crippen molar-refractivity contribution in [2.45, 2.75) is 110 Å². The second-order valence-corrected chi connectivity index (χ2v) is 9.68. The van der Waals surface area contributed by atoms with Gasteiger partial charge in [0, 0.05) is 48.5 Å². The van der Waals surface area contributed by atoms with Crippen molar-refractivity contribution in [3.8, 4) is 0 Å². The van der Waals surface area contributed by atoms with Crippen LogP contribution in [0, 0.1) is 0 Å². The van der Waals surface area contributed by atoms with Gasteiger partial charge >= 0.3 is 41.8 Å². The zero-order chi connectivity index (χ0) is 33.3. The van der Waals surface area contributed by atoms with Crippen LogP contribution in [-0.2, 0) is 80.9 Å². The molecule has 0 bridgehead atoms. The standard InChI is InChI=1S/C26H36O18/c1-10(27)35-8-17-20(21(38-13(4)30)23(25(34)42-17)40-15(6)32)44-26-24(41-16(7)33)22(39-14(5)31)19(37-12(3)29)18(43-26)9-36-11(2)28/h17-26,34H,8-9H2,1-7H3/t17?,18?,19-,20+,21+,22+,23+,24-,25-,26+/m1/s1. The average Bonchev–Trinajstić information content (AvgIpc) is 2.87. The summed E-state index contributed by atoms with van der Waals surface area (Å²) in [5.41, 5.74) is 0. The topological polar surface area (TPSA) is 232 Å². The highest BCUT2D eigenvalue weighted by Gasteiger charge is 2.57. The Morgan fingerprint density at radius 3 is 1.27 bits per heavy atom. The number of hydrogen-bond donors (Lipinski definition) is 1. The first kappa shape index (κ1) is 36.3. The molecule has 2 saturated heterocycles. The minimum atomic E-state index is -1.90. The summed E-state index contributed by atoms with van der Waals surface area (Å²) in [6.07, 6.45) is -16.3. The summed E-state index contributed by atoms with van der Waals surface area (Å²) in [7, 11) is 0. The molecule has 2 aliphatic rings. The lowest BCUT2D eigenvalue weighted by Crippen LogP contribution is -2.67. The first-order valence-electron chi connectivity index (χ1n) is 13.3. The van der Waals surface area contributed by atoms with Crippen molar-refractivity contribution < 1.29 is 86.0 Å². The third-order valence-electron chi connectivity index (χ3n) is 5.90. The molecule has 44 heavy (non-hydrogen) atoms. The van der Waals surface area contributed by atoms with Gasteiger partial charge in [-0.3, -0.25) is 33.6 Å². The summed E-state index contributed by atoms with van der Waals surface area (Å²) in [6.45, 7) is 6.11. The summed E-state index contributed by atoms with van der Waals surface area (Å²) < 4.78 is 54.1. The number of ether oxygens (including phenoxy) is 10. The molecule has 0 aromatic heterocycles. The lowest BCUT2D eigenvalue weighted by atomic mass is 9.96. The first-order valence-corrected chi connectivity index (χ1v) is 13.3. The minimum Gasteiger partial charge on any atom is -0.463 e. The molecule has 0 radical (unpaired) electrons. The van der Waals surface area contributed by atoms with Crippen molar-refractivity contribution in [3.63, 3.8) is 0 Å². The second kappa shape index (κ2) is 16.3. The predicted molar refractivity (Wildman–Crippen MR) is 135 cm³/mol. The van der Waals surface area contributed by atoms with Gasteiger partial charge in [-0.25, -0.2) is 0 Å². The molecule has 0 aliphatic carbocycles. The van der Waals surface area contributed by atoms with E-state index in [1.807, 2.05) is 0 Å². The van der Waals surface area contributed by atoms with Crippen LogP contribution in [0.1, 0.15) is 48.5 Å². The Labute approximate surface area is 251 Å². The van der Waals surface area contributed by atoms with Gasteiger partial charge in [-0.05, 0) is 0 Å². The molecule has 0 saturated carbocycles. The van der Waals surface area contributed by atoms with E-state index in [0.717, 1.165) is 48.5 Å². The van der Waals surface area contributed by atoms with Crippen LogP contribution in [0.25, 0.3) is 0 Å². The largest absolute Gasteiger partial charge is 0.463 e. The Morgan fingerprint density at radius 1 is 0.477 bits per heavy atom. The van der Waals surface area contributed by atoms with Gasteiger partial charge in [0.1, 0.15) is 31.5 Å². The zero-order valence-electron chi connectivity index (χ0n) is 25.1. The van der Waals surface area contributed by atoms with Gasteiger partial charge in [0.2, 0.25) is 0 Å². The number of carbonyl (C=O) groups excluding carboxylic acids is 7. The molecule has 2 rings (SSSR count). The van der Waals surface area contributed by atoms with Gasteiger partial charge in [-0.15, -0.1) is 0 Å². The summed E-state index contributed by atoms with van der Waals surface area (Å²) in [5.74, 6) is -6.03. The van der Waals surface area contributed by atoms with Crippen molar-refractivity contribution in [2.24, 2.45) is 0 Å².